The average molecular weight is 458 g/mol. The lowest BCUT2D eigenvalue weighted by atomic mass is 9.76. The second kappa shape index (κ2) is 7.11. The quantitative estimate of drug-likeness (QED) is 0.621. The zero-order valence-electron chi connectivity index (χ0n) is 16.5. The number of para-hydroxylation sites is 1. The van der Waals surface area contributed by atoms with Crippen molar-refractivity contribution in [2.45, 2.75) is 24.4 Å². The van der Waals surface area contributed by atoms with Crippen molar-refractivity contribution in [3.63, 3.8) is 0 Å². The first kappa shape index (κ1) is 20.6. The van der Waals surface area contributed by atoms with E-state index in [1.54, 1.807) is 29.6 Å². The summed E-state index contributed by atoms with van der Waals surface area (Å²) in [5.74, 6) is -5.61. The molecule has 0 bridgehead atoms. The number of carboxylic acid groups (broad SMARTS) is 1. The van der Waals surface area contributed by atoms with Crippen molar-refractivity contribution in [3.8, 4) is 0 Å². The third kappa shape index (κ3) is 2.71. The van der Waals surface area contributed by atoms with Gasteiger partial charge in [-0.3, -0.25) is 14.4 Å². The summed E-state index contributed by atoms with van der Waals surface area (Å²) < 4.78 is 13.7. The Morgan fingerprint density at radius 1 is 1.19 bits per heavy atom. The number of nitrogens with two attached hydrogens (primary N) is 1. The Labute approximate surface area is 186 Å². The number of imide groups is 1. The van der Waals surface area contributed by atoms with E-state index in [1.807, 2.05) is 0 Å². The number of halogens is 2. The highest BCUT2D eigenvalue weighted by atomic mass is 35.5. The number of rotatable bonds is 4. The number of aliphatic carboxylic acids is 1. The van der Waals surface area contributed by atoms with Gasteiger partial charge in [0.25, 0.3) is 5.91 Å². The van der Waals surface area contributed by atoms with Gasteiger partial charge in [-0.2, -0.15) is 0 Å². The highest BCUT2D eigenvalue weighted by Gasteiger charge is 2.74. The molecule has 0 saturated carbocycles. The van der Waals surface area contributed by atoms with Gasteiger partial charge in [-0.25, -0.2) is 9.29 Å². The number of amides is 3. The Morgan fingerprint density at radius 2 is 1.94 bits per heavy atom. The van der Waals surface area contributed by atoms with Gasteiger partial charge in [-0.15, -0.1) is 0 Å². The Kier molecular flexibility index (Phi) is 4.58. The Bertz CT molecular complexity index is 1200. The molecule has 2 fully saturated rings. The molecule has 0 radical (unpaired) electrons. The Hall–Kier alpha value is -3.30. The zero-order valence-corrected chi connectivity index (χ0v) is 17.3. The van der Waals surface area contributed by atoms with E-state index in [0.717, 1.165) is 11.0 Å². The van der Waals surface area contributed by atoms with Crippen molar-refractivity contribution in [3.05, 3.63) is 58.9 Å². The molecule has 3 amide bonds. The molecule has 3 aliphatic heterocycles. The minimum absolute atomic E-state index is 0.0394. The second-order valence-electron chi connectivity index (χ2n) is 8.22. The van der Waals surface area contributed by atoms with Crippen molar-refractivity contribution >= 4 is 46.7 Å². The normalized spacial score (nSPS) is 28.2. The van der Waals surface area contributed by atoms with Crippen molar-refractivity contribution in [2.24, 2.45) is 11.8 Å². The van der Waals surface area contributed by atoms with E-state index in [0.29, 0.717) is 11.3 Å². The molecule has 0 unspecified atom stereocenters. The van der Waals surface area contributed by atoms with Crippen LogP contribution >= 0.6 is 11.6 Å². The van der Waals surface area contributed by atoms with Gasteiger partial charge in [0.1, 0.15) is 23.7 Å². The van der Waals surface area contributed by atoms with Crippen molar-refractivity contribution < 1.29 is 34.0 Å². The molecule has 3 aliphatic rings. The molecule has 4 atom stereocenters. The van der Waals surface area contributed by atoms with E-state index in [9.17, 15) is 28.7 Å². The molecule has 10 heteroatoms. The van der Waals surface area contributed by atoms with Crippen LogP contribution in [0.15, 0.2) is 42.5 Å². The topological polar surface area (TPSA) is 123 Å². The van der Waals surface area contributed by atoms with E-state index in [-0.39, 0.29) is 23.6 Å². The molecule has 1 spiro atoms. The number of hydrogen-bond acceptors (Lipinski definition) is 5. The molecule has 2 aromatic carbocycles. The fraction of sp³-hybridized carbons (Fsp3) is 0.273. The standard InChI is InChI=1S/C22H17ClFN3O5/c23-12-9-10(5-6-13(12)24)27-19(30)17-15(7-8-16(28)29)26-22(18(17)20(27)31)11-3-1-2-4-14(11)25-21(22)32/h1-6,9,15,17-18,26H,7-8H2,(H,25,32)(H,28,29)/t15-,17+,18-,22-/m0/s1. The Balaban J connectivity index is 1.64. The first-order valence-corrected chi connectivity index (χ1v) is 10.4. The van der Waals surface area contributed by atoms with Gasteiger partial charge >= 0.3 is 0 Å². The summed E-state index contributed by atoms with van der Waals surface area (Å²) in [4.78, 5) is 52.4. The highest BCUT2D eigenvalue weighted by Crippen LogP contribution is 2.50. The van der Waals surface area contributed by atoms with Gasteiger partial charge in [0.05, 0.1) is 16.4 Å². The van der Waals surface area contributed by atoms with Gasteiger partial charge in [-0.05, 0) is 30.7 Å². The lowest BCUT2D eigenvalue weighted by Gasteiger charge is -2.26. The number of hydrogen-bond donors (Lipinski definition) is 2. The Morgan fingerprint density at radius 3 is 2.66 bits per heavy atom. The number of anilines is 2. The highest BCUT2D eigenvalue weighted by molar-refractivity contribution is 6.31. The molecule has 0 aromatic heterocycles. The van der Waals surface area contributed by atoms with Crippen LogP contribution in [0, 0.1) is 17.7 Å². The summed E-state index contributed by atoms with van der Waals surface area (Å²) in [7, 11) is 0. The lowest BCUT2D eigenvalue weighted by molar-refractivity contribution is -0.733. The number of nitrogens with one attached hydrogen (secondary N) is 1. The van der Waals surface area contributed by atoms with Crippen LogP contribution in [0.5, 0.6) is 0 Å². The van der Waals surface area contributed by atoms with E-state index in [1.165, 1.54) is 12.1 Å². The number of quaternary nitrogens is 1. The maximum atomic E-state index is 13.7. The van der Waals surface area contributed by atoms with Crippen LogP contribution in [-0.4, -0.2) is 29.7 Å². The van der Waals surface area contributed by atoms with Crippen LogP contribution in [-0.2, 0) is 24.7 Å². The van der Waals surface area contributed by atoms with E-state index in [4.69, 9.17) is 11.6 Å². The summed E-state index contributed by atoms with van der Waals surface area (Å²) in [5.41, 5.74) is -0.211. The first-order valence-electron chi connectivity index (χ1n) is 10.1. The minimum Gasteiger partial charge on any atom is -0.550 e. The van der Waals surface area contributed by atoms with Crippen molar-refractivity contribution in [1.29, 1.82) is 0 Å². The number of fused-ring (bicyclic) bond motifs is 4. The van der Waals surface area contributed by atoms with Gasteiger partial charge in [0.2, 0.25) is 17.4 Å². The van der Waals surface area contributed by atoms with Gasteiger partial charge in [0.15, 0.2) is 0 Å². The SMILES string of the molecule is O=C([O-])CC[C@@H]1[NH2+][C@]2(C(=O)Nc3ccccc32)[C@@H]2C(=O)N(c3ccc(F)c(Cl)c3)C(=O)[C@H]12. The maximum absolute atomic E-state index is 13.7. The van der Waals surface area contributed by atoms with Crippen LogP contribution in [0.1, 0.15) is 18.4 Å². The molecular formula is C22H17ClFN3O5. The van der Waals surface area contributed by atoms with Crippen LogP contribution in [0.25, 0.3) is 0 Å². The molecule has 2 saturated heterocycles. The third-order valence-electron chi connectivity index (χ3n) is 6.62. The smallest absolute Gasteiger partial charge is 0.291 e. The predicted molar refractivity (Wildman–Crippen MR) is 108 cm³/mol. The minimum atomic E-state index is -1.41. The van der Waals surface area contributed by atoms with E-state index < -0.39 is 52.9 Å². The molecule has 3 N–H and O–H groups in total. The predicted octanol–water partition coefficient (Wildman–Crippen LogP) is -0.0920. The number of nitrogens with zero attached hydrogens (tertiary/aromatic N) is 1. The number of carboxylic acids is 1. The molecule has 8 nitrogen and oxygen atoms in total. The summed E-state index contributed by atoms with van der Waals surface area (Å²) in [6.45, 7) is 0. The second-order valence-corrected chi connectivity index (χ2v) is 8.63. The largest absolute Gasteiger partial charge is 0.550 e. The third-order valence-corrected chi connectivity index (χ3v) is 6.91. The molecule has 2 aromatic rings. The maximum Gasteiger partial charge on any atom is 0.291 e. The van der Waals surface area contributed by atoms with Crippen molar-refractivity contribution in [1.82, 2.24) is 0 Å². The van der Waals surface area contributed by atoms with E-state index >= 15 is 0 Å². The molecule has 164 valence electrons. The average Bonchev–Trinajstić information content (AvgIpc) is 3.33. The van der Waals surface area contributed by atoms with Crippen LogP contribution < -0.4 is 20.6 Å². The van der Waals surface area contributed by atoms with E-state index in [2.05, 4.69) is 5.32 Å². The lowest BCUT2D eigenvalue weighted by Crippen LogP contribution is -2.99. The summed E-state index contributed by atoms with van der Waals surface area (Å²) >= 11 is 5.87. The summed E-state index contributed by atoms with van der Waals surface area (Å²) in [5, 5.41) is 15.3. The first-order chi connectivity index (χ1) is 15.3. The van der Waals surface area contributed by atoms with Gasteiger partial charge < -0.3 is 20.5 Å². The van der Waals surface area contributed by atoms with Gasteiger partial charge in [0, 0.05) is 18.0 Å². The summed E-state index contributed by atoms with van der Waals surface area (Å²) in [6.07, 6.45) is -0.286. The van der Waals surface area contributed by atoms with Crippen molar-refractivity contribution in [2.75, 3.05) is 10.2 Å². The van der Waals surface area contributed by atoms with Gasteiger partial charge in [-0.1, -0.05) is 29.8 Å². The monoisotopic (exact) mass is 457 g/mol. The fourth-order valence-electron chi connectivity index (χ4n) is 5.35. The van der Waals surface area contributed by atoms with Crippen LogP contribution in [0.2, 0.25) is 5.02 Å². The molecule has 5 rings (SSSR count). The number of carbonyl (C=O) groups excluding carboxylic acids is 4. The summed E-state index contributed by atoms with van der Waals surface area (Å²) in [6, 6.07) is 9.76. The molecule has 3 heterocycles. The molecule has 32 heavy (non-hydrogen) atoms. The van der Waals surface area contributed by atoms with Crippen LogP contribution in [0.4, 0.5) is 15.8 Å². The number of carbonyl (C=O) groups is 4. The zero-order chi connectivity index (χ0) is 22.8. The fourth-order valence-corrected chi connectivity index (χ4v) is 5.52. The number of benzene rings is 2. The molecule has 0 aliphatic carbocycles. The van der Waals surface area contributed by atoms with Crippen LogP contribution in [0.3, 0.4) is 0 Å². The molecular weight excluding hydrogens is 441 g/mol.